The largest absolute Gasteiger partial charge is 0.480 e. The molecule has 0 aliphatic rings. The van der Waals surface area contributed by atoms with Crippen molar-refractivity contribution in [3.63, 3.8) is 0 Å². The van der Waals surface area contributed by atoms with E-state index in [1.807, 2.05) is 6.92 Å². The minimum Gasteiger partial charge on any atom is -0.480 e. The molecule has 0 radical (unpaired) electrons. The lowest BCUT2D eigenvalue weighted by Crippen LogP contribution is -2.22. The van der Waals surface area contributed by atoms with Gasteiger partial charge in [0.2, 0.25) is 5.91 Å². The van der Waals surface area contributed by atoms with Crippen LogP contribution < -0.4 is 5.32 Å². The van der Waals surface area contributed by atoms with Gasteiger partial charge >= 0.3 is 5.97 Å². The van der Waals surface area contributed by atoms with Crippen molar-refractivity contribution in [2.45, 2.75) is 32.9 Å². The van der Waals surface area contributed by atoms with Gasteiger partial charge in [0.15, 0.2) is 0 Å². The van der Waals surface area contributed by atoms with E-state index >= 15 is 0 Å². The summed E-state index contributed by atoms with van der Waals surface area (Å²) in [4.78, 5) is 21.5. The summed E-state index contributed by atoms with van der Waals surface area (Å²) in [7, 11) is 0. The fourth-order valence-electron chi connectivity index (χ4n) is 1.14. The molecule has 16 heavy (non-hydrogen) atoms. The quantitative estimate of drug-likeness (QED) is 0.698. The first-order valence-electron chi connectivity index (χ1n) is 4.99. The summed E-state index contributed by atoms with van der Waals surface area (Å²) >= 11 is 0. The lowest BCUT2D eigenvalue weighted by atomic mass is 10.3. The number of aliphatic carboxylic acids is 1. The van der Waals surface area contributed by atoms with Crippen molar-refractivity contribution < 1.29 is 14.7 Å². The van der Waals surface area contributed by atoms with Gasteiger partial charge in [-0.05, 0) is 6.42 Å². The number of aromatic nitrogens is 3. The van der Waals surface area contributed by atoms with Crippen molar-refractivity contribution in [1.29, 1.82) is 0 Å². The summed E-state index contributed by atoms with van der Waals surface area (Å²) in [5.74, 6) is -1.03. The van der Waals surface area contributed by atoms with E-state index in [-0.39, 0.29) is 19.0 Å². The molecule has 0 aliphatic heterocycles. The topological polar surface area (TPSA) is 97.1 Å². The van der Waals surface area contributed by atoms with Crippen LogP contribution in [-0.4, -0.2) is 32.0 Å². The van der Waals surface area contributed by atoms with E-state index < -0.39 is 5.97 Å². The maximum atomic E-state index is 11.1. The van der Waals surface area contributed by atoms with E-state index in [2.05, 4.69) is 15.6 Å². The normalized spacial score (nSPS) is 10.1. The van der Waals surface area contributed by atoms with Crippen molar-refractivity contribution in [1.82, 2.24) is 20.3 Å². The van der Waals surface area contributed by atoms with Crippen LogP contribution in [0.2, 0.25) is 0 Å². The Hall–Kier alpha value is -1.92. The zero-order chi connectivity index (χ0) is 12.0. The van der Waals surface area contributed by atoms with Gasteiger partial charge in [0.25, 0.3) is 0 Å². The molecule has 1 amide bonds. The number of carbonyl (C=O) groups is 2. The Morgan fingerprint density at radius 1 is 1.56 bits per heavy atom. The molecule has 1 aromatic heterocycles. The highest BCUT2D eigenvalue weighted by Crippen LogP contribution is 1.94. The van der Waals surface area contributed by atoms with Crippen LogP contribution in [0.3, 0.4) is 0 Å². The molecule has 2 N–H and O–H groups in total. The predicted molar refractivity (Wildman–Crippen MR) is 54.4 cm³/mol. The Morgan fingerprint density at radius 2 is 2.31 bits per heavy atom. The van der Waals surface area contributed by atoms with Crippen molar-refractivity contribution in [2.24, 2.45) is 0 Å². The third-order valence-corrected chi connectivity index (χ3v) is 1.83. The molecule has 0 aromatic carbocycles. The molecule has 0 spiro atoms. The summed E-state index contributed by atoms with van der Waals surface area (Å²) in [5.41, 5.74) is 0.547. The molecule has 1 rings (SSSR count). The molecule has 0 atom stereocenters. The summed E-state index contributed by atoms with van der Waals surface area (Å²) in [6.07, 6.45) is 2.77. The van der Waals surface area contributed by atoms with Gasteiger partial charge in [0.1, 0.15) is 12.2 Å². The maximum Gasteiger partial charge on any atom is 0.325 e. The molecule has 1 aromatic rings. The van der Waals surface area contributed by atoms with E-state index in [0.29, 0.717) is 12.1 Å². The Labute approximate surface area is 92.4 Å². The van der Waals surface area contributed by atoms with Gasteiger partial charge in [-0.2, -0.15) is 0 Å². The molecule has 0 aliphatic carbocycles. The van der Waals surface area contributed by atoms with Crippen molar-refractivity contribution >= 4 is 11.9 Å². The molecule has 7 heteroatoms. The van der Waals surface area contributed by atoms with Crippen LogP contribution in [0.15, 0.2) is 6.20 Å². The summed E-state index contributed by atoms with van der Waals surface area (Å²) < 4.78 is 1.21. The van der Waals surface area contributed by atoms with Gasteiger partial charge in [-0.1, -0.05) is 12.1 Å². The predicted octanol–water partition coefficient (Wildman–Crippen LogP) is -0.221. The number of carboxylic acid groups (broad SMARTS) is 1. The monoisotopic (exact) mass is 226 g/mol. The third kappa shape index (κ3) is 4.07. The zero-order valence-electron chi connectivity index (χ0n) is 9.01. The average Bonchev–Trinajstić information content (AvgIpc) is 2.62. The molecule has 0 bridgehead atoms. The SMILES string of the molecule is CCCC(=O)NCc1cn(CC(=O)O)nn1. The van der Waals surface area contributed by atoms with Gasteiger partial charge in [0.05, 0.1) is 12.7 Å². The fourth-order valence-corrected chi connectivity index (χ4v) is 1.14. The van der Waals surface area contributed by atoms with Crippen LogP contribution in [0.25, 0.3) is 0 Å². The number of nitrogens with zero attached hydrogens (tertiary/aromatic N) is 3. The molecule has 0 unspecified atom stereocenters. The number of carbonyl (C=O) groups excluding carboxylic acids is 1. The lowest BCUT2D eigenvalue weighted by Gasteiger charge is -1.99. The Morgan fingerprint density at radius 3 is 2.94 bits per heavy atom. The Balaban J connectivity index is 2.40. The standard InChI is InChI=1S/C9H14N4O3/c1-2-3-8(14)10-4-7-5-13(12-11-7)6-9(15)16/h5H,2-4,6H2,1H3,(H,10,14)(H,15,16). The molecule has 0 fully saturated rings. The van der Waals surface area contributed by atoms with Gasteiger partial charge in [-0.3, -0.25) is 9.59 Å². The highest BCUT2D eigenvalue weighted by molar-refractivity contribution is 5.75. The van der Waals surface area contributed by atoms with Crippen LogP contribution in [0.4, 0.5) is 0 Å². The first kappa shape index (κ1) is 12.2. The third-order valence-electron chi connectivity index (χ3n) is 1.83. The Bertz CT molecular complexity index is 375. The van der Waals surface area contributed by atoms with E-state index in [1.54, 1.807) is 0 Å². The number of hydrogen-bond donors (Lipinski definition) is 2. The smallest absolute Gasteiger partial charge is 0.325 e. The highest BCUT2D eigenvalue weighted by atomic mass is 16.4. The van der Waals surface area contributed by atoms with Crippen LogP contribution in [0.5, 0.6) is 0 Å². The van der Waals surface area contributed by atoms with Gasteiger partial charge in [-0.25, -0.2) is 4.68 Å². The molecular formula is C9H14N4O3. The first-order chi connectivity index (χ1) is 7.61. The molecule has 0 saturated carbocycles. The number of nitrogens with one attached hydrogen (secondary N) is 1. The number of amides is 1. The number of carboxylic acids is 1. The molecule has 7 nitrogen and oxygen atoms in total. The van der Waals surface area contributed by atoms with Crippen LogP contribution in [0.1, 0.15) is 25.5 Å². The van der Waals surface area contributed by atoms with Crippen molar-refractivity contribution in [2.75, 3.05) is 0 Å². The van der Waals surface area contributed by atoms with Crippen molar-refractivity contribution in [3.05, 3.63) is 11.9 Å². The fraction of sp³-hybridized carbons (Fsp3) is 0.556. The van der Waals surface area contributed by atoms with Crippen LogP contribution >= 0.6 is 0 Å². The summed E-state index contributed by atoms with van der Waals surface area (Å²) in [6, 6.07) is 0. The minimum absolute atomic E-state index is 0.0460. The molecule has 1 heterocycles. The summed E-state index contributed by atoms with van der Waals surface area (Å²) in [6.45, 7) is 1.97. The second-order valence-electron chi connectivity index (χ2n) is 3.33. The van der Waals surface area contributed by atoms with Gasteiger partial charge < -0.3 is 10.4 Å². The lowest BCUT2D eigenvalue weighted by molar-refractivity contribution is -0.138. The zero-order valence-corrected chi connectivity index (χ0v) is 9.01. The van der Waals surface area contributed by atoms with Gasteiger partial charge in [0, 0.05) is 6.42 Å². The first-order valence-corrected chi connectivity index (χ1v) is 4.99. The van der Waals surface area contributed by atoms with E-state index in [9.17, 15) is 9.59 Å². The number of hydrogen-bond acceptors (Lipinski definition) is 4. The molecule has 0 saturated heterocycles. The van der Waals surface area contributed by atoms with E-state index in [4.69, 9.17) is 5.11 Å². The number of rotatable bonds is 6. The van der Waals surface area contributed by atoms with Gasteiger partial charge in [-0.15, -0.1) is 5.10 Å². The highest BCUT2D eigenvalue weighted by Gasteiger charge is 2.05. The van der Waals surface area contributed by atoms with Crippen LogP contribution in [0, 0.1) is 0 Å². The second kappa shape index (κ2) is 5.84. The van der Waals surface area contributed by atoms with E-state index in [0.717, 1.165) is 6.42 Å². The Kier molecular flexibility index (Phi) is 4.43. The molecular weight excluding hydrogens is 212 g/mol. The minimum atomic E-state index is -0.980. The second-order valence-corrected chi connectivity index (χ2v) is 3.33. The van der Waals surface area contributed by atoms with Crippen molar-refractivity contribution in [3.8, 4) is 0 Å². The molecule has 88 valence electrons. The van der Waals surface area contributed by atoms with E-state index in [1.165, 1.54) is 10.9 Å². The summed E-state index contributed by atoms with van der Waals surface area (Å²) in [5, 5.41) is 18.5. The maximum absolute atomic E-state index is 11.1. The average molecular weight is 226 g/mol. The van der Waals surface area contributed by atoms with Crippen LogP contribution in [-0.2, 0) is 22.7 Å².